The zero-order chi connectivity index (χ0) is 50.3. The van der Waals surface area contributed by atoms with Gasteiger partial charge in [0.2, 0.25) is 0 Å². The van der Waals surface area contributed by atoms with Crippen LogP contribution in [0.3, 0.4) is 0 Å². The fourth-order valence-corrected chi connectivity index (χ4v) is 12.9. The minimum Gasteiger partial charge on any atom is -0.455 e. The molecule has 0 aliphatic carbocycles. The van der Waals surface area contributed by atoms with E-state index >= 15 is 0 Å². The van der Waals surface area contributed by atoms with Crippen molar-refractivity contribution in [3.05, 3.63) is 241 Å². The largest absolute Gasteiger partial charge is 0.455 e. The Morgan fingerprint density at radius 2 is 0.697 bits per heavy atom. The summed E-state index contributed by atoms with van der Waals surface area (Å²) in [7, 11) is 0. The van der Waals surface area contributed by atoms with Gasteiger partial charge in [0.05, 0.1) is 72.3 Å². The Morgan fingerprint density at radius 3 is 1.13 bits per heavy atom. The second-order valence-electron chi connectivity index (χ2n) is 19.8. The Balaban J connectivity index is 1.22. The highest BCUT2D eigenvalue weighted by atomic mass is 16.3. The molecule has 16 rings (SSSR count). The lowest BCUT2D eigenvalue weighted by Crippen LogP contribution is -2.16. The van der Waals surface area contributed by atoms with Crippen molar-refractivity contribution in [1.29, 1.82) is 10.5 Å². The van der Waals surface area contributed by atoms with E-state index in [0.717, 1.165) is 126 Å². The summed E-state index contributed by atoms with van der Waals surface area (Å²) >= 11 is 0. The third-order valence-electron chi connectivity index (χ3n) is 16.0. The molecule has 5 heterocycles. The Kier molecular flexibility index (Phi) is 8.67. The molecule has 0 unspecified atom stereocenters. The molecule has 16 aromatic rings. The zero-order valence-corrected chi connectivity index (χ0v) is 41.0. The average Bonchev–Trinajstić information content (AvgIpc) is 4.33. The summed E-state index contributed by atoms with van der Waals surface area (Å²) in [6.45, 7) is 2.14. The number of fused-ring (bicyclic) bond motifs is 16. The lowest BCUT2D eigenvalue weighted by molar-refractivity contribution is 0.673. The van der Waals surface area contributed by atoms with Crippen molar-refractivity contribution in [2.45, 2.75) is 6.92 Å². The predicted molar refractivity (Wildman–Crippen MR) is 311 cm³/mol. The molecule has 0 spiro atoms. The van der Waals surface area contributed by atoms with Gasteiger partial charge in [0.15, 0.2) is 0 Å². The van der Waals surface area contributed by atoms with Crippen LogP contribution in [-0.2, 0) is 0 Å². The molecule has 11 aromatic carbocycles. The first kappa shape index (κ1) is 42.0. The Morgan fingerprint density at radius 1 is 0.329 bits per heavy atom. The maximum Gasteiger partial charge on any atom is 0.145 e. The summed E-state index contributed by atoms with van der Waals surface area (Å²) in [5.41, 5.74) is 15.1. The van der Waals surface area contributed by atoms with E-state index < -0.39 is 0 Å². The van der Waals surface area contributed by atoms with Gasteiger partial charge in [-0.25, -0.2) is 0 Å². The van der Waals surface area contributed by atoms with Crippen LogP contribution in [0.4, 0.5) is 0 Å². The number of nitriles is 2. The smallest absolute Gasteiger partial charge is 0.145 e. The summed E-state index contributed by atoms with van der Waals surface area (Å²) < 4.78 is 16.0. The normalized spacial score (nSPS) is 12.0. The Hall–Kier alpha value is -10.6. The molecule has 0 bridgehead atoms. The van der Waals surface area contributed by atoms with Crippen molar-refractivity contribution in [2.75, 3.05) is 0 Å². The van der Waals surface area contributed by atoms with Gasteiger partial charge in [-0.2, -0.15) is 10.5 Å². The standard InChI is InChI=1S/C69H40N6O/c1-41-18-2-3-19-43(41)42-34-35-52-62(38-42)75(61-37-36-51-50-26-10-17-33-63(50)76-69(51)64(52)61)68-54(40-71)66(73-57-29-13-6-22-46(57)47-23-7-14-30-58(47)73)65(72-55-27-11-4-20-44(55)45-21-5-12-28-56(45)72)53(39-70)67(68)74-59-31-15-8-24-48(59)49-25-9-16-32-60(49)74/h2-38H,1H3. The molecule has 0 fully saturated rings. The van der Waals surface area contributed by atoms with Crippen molar-refractivity contribution >= 4 is 109 Å². The van der Waals surface area contributed by atoms with Crippen LogP contribution < -0.4 is 0 Å². The third-order valence-corrected chi connectivity index (χ3v) is 16.0. The maximum atomic E-state index is 12.8. The van der Waals surface area contributed by atoms with E-state index in [4.69, 9.17) is 4.42 Å². The maximum absolute atomic E-state index is 12.8. The number of rotatable bonds is 5. The molecule has 0 radical (unpaired) electrons. The number of hydrogen-bond acceptors (Lipinski definition) is 3. The number of hydrogen-bond donors (Lipinski definition) is 0. The summed E-state index contributed by atoms with van der Waals surface area (Å²) in [4.78, 5) is 0. The highest BCUT2D eigenvalue weighted by Crippen LogP contribution is 2.50. The average molecular weight is 969 g/mol. The summed E-state index contributed by atoms with van der Waals surface area (Å²) in [5, 5.41) is 35.6. The van der Waals surface area contributed by atoms with Crippen LogP contribution >= 0.6 is 0 Å². The second kappa shape index (κ2) is 15.7. The second-order valence-corrected chi connectivity index (χ2v) is 19.8. The van der Waals surface area contributed by atoms with Crippen LogP contribution in [0.5, 0.6) is 0 Å². The molecule has 0 aliphatic heterocycles. The number of nitrogens with zero attached hydrogens (tertiary/aromatic N) is 6. The van der Waals surface area contributed by atoms with E-state index in [1.165, 1.54) is 0 Å². The quantitative estimate of drug-likeness (QED) is 0.172. The fourth-order valence-electron chi connectivity index (χ4n) is 12.9. The van der Waals surface area contributed by atoms with Crippen LogP contribution in [0.1, 0.15) is 16.7 Å². The van der Waals surface area contributed by atoms with Gasteiger partial charge in [0.1, 0.15) is 34.4 Å². The van der Waals surface area contributed by atoms with Gasteiger partial charge in [0.25, 0.3) is 0 Å². The molecule has 76 heavy (non-hydrogen) atoms. The SMILES string of the molecule is Cc1ccccc1-c1ccc2c3c4oc5ccccc5c4ccc3n(-c3c(C#N)c(-n4c5ccccc5c5ccccc54)c(-n4c5ccccc5c5ccccc54)c(C#N)c3-n3c4ccccc4c4ccccc43)c2c1. The van der Waals surface area contributed by atoms with Gasteiger partial charge < -0.3 is 22.7 Å². The van der Waals surface area contributed by atoms with E-state index in [-0.39, 0.29) is 0 Å². The number of furan rings is 1. The van der Waals surface area contributed by atoms with Crippen molar-refractivity contribution in [1.82, 2.24) is 18.3 Å². The number of benzene rings is 11. The molecule has 0 aliphatic rings. The highest BCUT2D eigenvalue weighted by molar-refractivity contribution is 6.25. The Labute approximate surface area is 434 Å². The van der Waals surface area contributed by atoms with Crippen LogP contribution in [0, 0.1) is 29.6 Å². The molecule has 352 valence electrons. The van der Waals surface area contributed by atoms with Crippen LogP contribution in [0.2, 0.25) is 0 Å². The van der Waals surface area contributed by atoms with Gasteiger partial charge >= 0.3 is 0 Å². The molecule has 7 nitrogen and oxygen atoms in total. The van der Waals surface area contributed by atoms with Crippen molar-refractivity contribution in [3.8, 4) is 46.0 Å². The molecular weight excluding hydrogens is 929 g/mol. The summed E-state index contributed by atoms with van der Waals surface area (Å²) in [6, 6.07) is 84.0. The van der Waals surface area contributed by atoms with Gasteiger partial charge in [-0.3, -0.25) is 0 Å². The molecule has 0 amide bonds. The number of para-hydroxylation sites is 7. The molecule has 5 aromatic heterocycles. The molecular formula is C69H40N6O. The van der Waals surface area contributed by atoms with E-state index in [1.807, 2.05) is 12.1 Å². The van der Waals surface area contributed by atoms with Gasteiger partial charge in [-0.1, -0.05) is 164 Å². The van der Waals surface area contributed by atoms with E-state index in [0.29, 0.717) is 33.9 Å². The molecule has 7 heteroatoms. The van der Waals surface area contributed by atoms with Gasteiger partial charge in [-0.15, -0.1) is 0 Å². The summed E-state index contributed by atoms with van der Waals surface area (Å²) in [5.74, 6) is 0. The van der Waals surface area contributed by atoms with Crippen molar-refractivity contribution in [3.63, 3.8) is 0 Å². The Bertz CT molecular complexity index is 5130. The molecule has 0 saturated carbocycles. The monoisotopic (exact) mass is 968 g/mol. The minimum absolute atomic E-state index is 0.393. The van der Waals surface area contributed by atoms with E-state index in [1.54, 1.807) is 0 Å². The minimum atomic E-state index is 0.393. The topological polar surface area (TPSA) is 80.4 Å². The number of aromatic nitrogens is 4. The number of aryl methyl sites for hydroxylation is 1. The first-order valence-electron chi connectivity index (χ1n) is 25.6. The lowest BCUT2D eigenvalue weighted by atomic mass is 9.98. The molecule has 0 atom stereocenters. The summed E-state index contributed by atoms with van der Waals surface area (Å²) in [6.07, 6.45) is 0. The van der Waals surface area contributed by atoms with Crippen LogP contribution in [0.25, 0.3) is 143 Å². The van der Waals surface area contributed by atoms with Crippen LogP contribution in [-0.4, -0.2) is 18.3 Å². The zero-order valence-electron chi connectivity index (χ0n) is 41.0. The van der Waals surface area contributed by atoms with Crippen molar-refractivity contribution in [2.24, 2.45) is 0 Å². The first-order valence-corrected chi connectivity index (χ1v) is 25.6. The van der Waals surface area contributed by atoms with Gasteiger partial charge in [0, 0.05) is 48.5 Å². The molecule has 0 saturated heterocycles. The van der Waals surface area contributed by atoms with E-state index in [2.05, 4.69) is 250 Å². The highest BCUT2D eigenvalue weighted by Gasteiger charge is 2.35. The fraction of sp³-hybridized carbons (Fsp3) is 0.0145. The first-order chi connectivity index (χ1) is 37.6. The predicted octanol–water partition coefficient (Wildman–Crippen LogP) is 17.7. The lowest BCUT2D eigenvalue weighted by Gasteiger charge is -2.27. The van der Waals surface area contributed by atoms with Crippen molar-refractivity contribution < 1.29 is 4.42 Å². The van der Waals surface area contributed by atoms with E-state index in [9.17, 15) is 10.5 Å². The van der Waals surface area contributed by atoms with Gasteiger partial charge in [-0.05, 0) is 84.3 Å². The third kappa shape index (κ3) is 5.52. The molecule has 0 N–H and O–H groups in total. The van der Waals surface area contributed by atoms with Crippen LogP contribution in [0.15, 0.2) is 229 Å².